The van der Waals surface area contributed by atoms with Crippen LogP contribution in [0.25, 0.3) is 11.3 Å². The van der Waals surface area contributed by atoms with E-state index >= 15 is 0 Å². The van der Waals surface area contributed by atoms with Crippen molar-refractivity contribution in [2.45, 2.75) is 6.18 Å². The summed E-state index contributed by atoms with van der Waals surface area (Å²) in [6.45, 7) is 0. The van der Waals surface area contributed by atoms with Gasteiger partial charge in [0, 0.05) is 24.2 Å². The molecule has 88 valence electrons. The van der Waals surface area contributed by atoms with E-state index < -0.39 is 11.7 Å². The zero-order chi connectivity index (χ0) is 12.5. The van der Waals surface area contributed by atoms with Crippen molar-refractivity contribution in [3.63, 3.8) is 0 Å². The summed E-state index contributed by atoms with van der Waals surface area (Å²) in [5.74, 6) is 0. The Balaban J connectivity index is 2.65. The molecule has 0 saturated carbocycles. The lowest BCUT2D eigenvalue weighted by atomic mass is 10.1. The van der Waals surface area contributed by atoms with Crippen LogP contribution in [0.15, 0.2) is 36.8 Å². The van der Waals surface area contributed by atoms with Gasteiger partial charge in [0.15, 0.2) is 0 Å². The molecule has 0 spiro atoms. The van der Waals surface area contributed by atoms with Gasteiger partial charge in [-0.25, -0.2) is 0 Å². The Kier molecular flexibility index (Phi) is 2.71. The third-order valence-corrected chi connectivity index (χ3v) is 2.22. The highest BCUT2D eigenvalue weighted by molar-refractivity contribution is 5.74. The van der Waals surface area contributed by atoms with Gasteiger partial charge in [-0.15, -0.1) is 0 Å². The lowest BCUT2D eigenvalue weighted by molar-refractivity contribution is -0.137. The largest absolute Gasteiger partial charge is 0.417 e. The first kappa shape index (κ1) is 11.4. The van der Waals surface area contributed by atoms with Gasteiger partial charge in [0.25, 0.3) is 0 Å². The zero-order valence-corrected chi connectivity index (χ0v) is 8.57. The minimum atomic E-state index is -4.46. The Bertz CT molecular complexity index is 537. The maximum Gasteiger partial charge on any atom is 0.417 e. The van der Waals surface area contributed by atoms with Gasteiger partial charge < -0.3 is 5.73 Å². The molecule has 0 amide bonds. The summed E-state index contributed by atoms with van der Waals surface area (Å²) in [6.07, 6.45) is -0.867. The smallest absolute Gasteiger partial charge is 0.397 e. The Hall–Kier alpha value is -2.11. The van der Waals surface area contributed by atoms with Gasteiger partial charge in [-0.05, 0) is 18.2 Å². The maximum atomic E-state index is 12.8. The van der Waals surface area contributed by atoms with Gasteiger partial charge in [-0.3, -0.25) is 9.97 Å². The van der Waals surface area contributed by atoms with Crippen molar-refractivity contribution >= 4 is 5.69 Å². The van der Waals surface area contributed by atoms with Gasteiger partial charge in [0.05, 0.1) is 16.9 Å². The van der Waals surface area contributed by atoms with Crippen LogP contribution in [0.3, 0.4) is 0 Å². The van der Waals surface area contributed by atoms with E-state index in [1.807, 2.05) is 0 Å². The molecule has 0 radical (unpaired) electrons. The number of alkyl halides is 3. The topological polar surface area (TPSA) is 51.8 Å². The van der Waals surface area contributed by atoms with Crippen LogP contribution in [0.5, 0.6) is 0 Å². The van der Waals surface area contributed by atoms with Crippen molar-refractivity contribution in [3.8, 4) is 11.3 Å². The SMILES string of the molecule is Nc1cccnc1-c1cnccc1C(F)(F)F. The molecule has 2 heterocycles. The lowest BCUT2D eigenvalue weighted by Crippen LogP contribution is -2.08. The van der Waals surface area contributed by atoms with Gasteiger partial charge >= 0.3 is 6.18 Å². The summed E-state index contributed by atoms with van der Waals surface area (Å²) >= 11 is 0. The Morgan fingerprint density at radius 2 is 1.88 bits per heavy atom. The van der Waals surface area contributed by atoms with Crippen molar-refractivity contribution in [1.29, 1.82) is 0 Å². The number of aromatic nitrogens is 2. The van der Waals surface area contributed by atoms with Crippen molar-refractivity contribution in [2.24, 2.45) is 0 Å². The number of nitrogens with zero attached hydrogens (tertiary/aromatic N) is 2. The fourth-order valence-corrected chi connectivity index (χ4v) is 1.47. The third kappa shape index (κ3) is 2.20. The number of pyridine rings is 2. The van der Waals surface area contributed by atoms with E-state index in [9.17, 15) is 13.2 Å². The first-order valence-electron chi connectivity index (χ1n) is 4.72. The van der Waals surface area contributed by atoms with Gasteiger partial charge in [0.2, 0.25) is 0 Å². The van der Waals surface area contributed by atoms with E-state index in [4.69, 9.17) is 5.73 Å². The first-order chi connectivity index (χ1) is 8.00. The van der Waals surface area contributed by atoms with Crippen LogP contribution in [0.2, 0.25) is 0 Å². The second-order valence-electron chi connectivity index (χ2n) is 3.36. The van der Waals surface area contributed by atoms with Crippen molar-refractivity contribution in [1.82, 2.24) is 9.97 Å². The van der Waals surface area contributed by atoms with E-state index in [1.54, 1.807) is 6.07 Å². The molecule has 2 aromatic heterocycles. The summed E-state index contributed by atoms with van der Waals surface area (Å²) in [5, 5.41) is 0. The standard InChI is InChI=1S/C11H8F3N3/c12-11(13,14)8-3-5-16-6-7(8)10-9(15)2-1-4-17-10/h1-6H,15H2. The summed E-state index contributed by atoms with van der Waals surface area (Å²) < 4.78 is 38.3. The van der Waals surface area contributed by atoms with Crippen molar-refractivity contribution < 1.29 is 13.2 Å². The number of halogens is 3. The second-order valence-corrected chi connectivity index (χ2v) is 3.36. The summed E-state index contributed by atoms with van der Waals surface area (Å²) in [5.41, 5.74) is 4.98. The average Bonchev–Trinajstić information content (AvgIpc) is 2.28. The van der Waals surface area contributed by atoms with Crippen LogP contribution < -0.4 is 5.73 Å². The van der Waals surface area contributed by atoms with E-state index in [-0.39, 0.29) is 16.9 Å². The van der Waals surface area contributed by atoms with Crippen LogP contribution in [0.1, 0.15) is 5.56 Å². The fraction of sp³-hybridized carbons (Fsp3) is 0.0909. The van der Waals surface area contributed by atoms with Crippen LogP contribution >= 0.6 is 0 Å². The minimum absolute atomic E-state index is 0.0907. The molecule has 0 bridgehead atoms. The van der Waals surface area contributed by atoms with Gasteiger partial charge in [-0.1, -0.05) is 0 Å². The van der Waals surface area contributed by atoms with E-state index in [0.29, 0.717) is 0 Å². The molecule has 17 heavy (non-hydrogen) atoms. The molecule has 0 atom stereocenters. The van der Waals surface area contributed by atoms with Crippen molar-refractivity contribution in [2.75, 3.05) is 5.73 Å². The molecule has 0 unspecified atom stereocenters. The Labute approximate surface area is 95.1 Å². The van der Waals surface area contributed by atoms with Crippen molar-refractivity contribution in [3.05, 3.63) is 42.4 Å². The Morgan fingerprint density at radius 1 is 1.12 bits per heavy atom. The third-order valence-electron chi connectivity index (χ3n) is 2.22. The molecular formula is C11H8F3N3. The quantitative estimate of drug-likeness (QED) is 0.832. The predicted octanol–water partition coefficient (Wildman–Crippen LogP) is 2.74. The predicted molar refractivity (Wildman–Crippen MR) is 56.9 cm³/mol. The molecule has 0 aliphatic rings. The summed E-state index contributed by atoms with van der Waals surface area (Å²) in [7, 11) is 0. The highest BCUT2D eigenvalue weighted by Crippen LogP contribution is 2.37. The molecular weight excluding hydrogens is 231 g/mol. The van der Waals surface area contributed by atoms with Crippen LogP contribution in [0, 0.1) is 0 Å². The molecule has 2 aromatic rings. The normalized spacial score (nSPS) is 11.5. The lowest BCUT2D eigenvalue weighted by Gasteiger charge is -2.12. The molecule has 3 nitrogen and oxygen atoms in total. The maximum absolute atomic E-state index is 12.8. The highest BCUT2D eigenvalue weighted by Gasteiger charge is 2.34. The van der Waals surface area contributed by atoms with Gasteiger partial charge in [0.1, 0.15) is 0 Å². The average molecular weight is 239 g/mol. The molecule has 0 fully saturated rings. The number of nitrogen functional groups attached to an aromatic ring is 1. The number of hydrogen-bond donors (Lipinski definition) is 1. The Morgan fingerprint density at radius 3 is 2.53 bits per heavy atom. The van der Waals surface area contributed by atoms with E-state index in [1.165, 1.54) is 12.3 Å². The number of hydrogen-bond acceptors (Lipinski definition) is 3. The number of nitrogens with two attached hydrogens (primary N) is 1. The molecule has 0 aliphatic heterocycles. The number of rotatable bonds is 1. The fourth-order valence-electron chi connectivity index (χ4n) is 1.47. The molecule has 2 rings (SSSR count). The minimum Gasteiger partial charge on any atom is -0.397 e. The molecule has 0 aliphatic carbocycles. The molecule has 2 N–H and O–H groups in total. The number of anilines is 1. The van der Waals surface area contributed by atoms with Gasteiger partial charge in [-0.2, -0.15) is 13.2 Å². The summed E-state index contributed by atoms with van der Waals surface area (Å²) in [4.78, 5) is 7.54. The first-order valence-corrected chi connectivity index (χ1v) is 4.72. The highest BCUT2D eigenvalue weighted by atomic mass is 19.4. The molecule has 0 saturated heterocycles. The van der Waals surface area contributed by atoms with Crippen LogP contribution in [-0.2, 0) is 6.18 Å². The van der Waals surface area contributed by atoms with E-state index in [0.717, 1.165) is 18.5 Å². The van der Waals surface area contributed by atoms with Crippen LogP contribution in [-0.4, -0.2) is 9.97 Å². The summed E-state index contributed by atoms with van der Waals surface area (Å²) in [6, 6.07) is 3.96. The second kappa shape index (κ2) is 4.04. The monoisotopic (exact) mass is 239 g/mol. The van der Waals surface area contributed by atoms with E-state index in [2.05, 4.69) is 9.97 Å². The molecule has 6 heteroatoms. The van der Waals surface area contributed by atoms with Crippen LogP contribution in [0.4, 0.5) is 18.9 Å². The zero-order valence-electron chi connectivity index (χ0n) is 8.57. The molecule has 0 aromatic carbocycles.